The molecule has 13 heteroatoms. The Bertz CT molecular complexity index is 1900. The minimum Gasteiger partial charge on any atom is 1.00 e. The maximum atomic E-state index is 12.0. The van der Waals surface area contributed by atoms with Gasteiger partial charge < -0.3 is 4.74 Å². The van der Waals surface area contributed by atoms with E-state index in [9.17, 15) is 30.2 Å². The third kappa shape index (κ3) is 9.90. The van der Waals surface area contributed by atoms with Gasteiger partial charge >= 0.3 is 158 Å². The van der Waals surface area contributed by atoms with Crippen LogP contribution < -0.4 is 37.6 Å². The molecule has 4 aromatic carbocycles. The number of esters is 1. The molecule has 0 aromatic heterocycles. The van der Waals surface area contributed by atoms with E-state index in [4.69, 9.17) is 9.84 Å². The van der Waals surface area contributed by atoms with Crippen molar-refractivity contribution in [3.8, 4) is 17.2 Å². The third-order valence-corrected chi connectivity index (χ3v) is 7.98. The van der Waals surface area contributed by atoms with Crippen molar-refractivity contribution < 1.29 is 73.4 Å². The molecule has 222 valence electrons. The summed E-state index contributed by atoms with van der Waals surface area (Å²) >= 11 is -5.62. The van der Waals surface area contributed by atoms with E-state index in [1.54, 1.807) is 48.6 Å². The maximum Gasteiger partial charge on any atom is 1.00 e. The number of aromatic hydroxyl groups is 2. The van der Waals surface area contributed by atoms with E-state index in [0.29, 0.717) is 11.1 Å². The number of carbonyl (C=O) groups is 1. The molecular weight excluding hydrogens is 666 g/mol. The second-order valence-corrected chi connectivity index (χ2v) is 13.3. The summed E-state index contributed by atoms with van der Waals surface area (Å²) in [6, 6.07) is 25.9. The number of benzene rings is 4. The van der Waals surface area contributed by atoms with Crippen LogP contribution in [0.15, 0.2) is 102 Å². The van der Waals surface area contributed by atoms with E-state index < -0.39 is 23.2 Å². The molecule has 0 bridgehead atoms. The number of cyclic esters (lactones) is 1. The van der Waals surface area contributed by atoms with E-state index in [0.717, 1.165) is 28.3 Å². The molecule has 44 heavy (non-hydrogen) atoms. The number of ether oxygens (including phenoxy) is 1. The van der Waals surface area contributed by atoms with Gasteiger partial charge in [0.2, 0.25) is 0 Å². The number of carbonyl (C=O) groups excluding carboxylic acids is 1. The number of hydrogen-bond acceptors (Lipinski definition) is 10. The summed E-state index contributed by atoms with van der Waals surface area (Å²) in [5.41, 5.74) is 4.15. The summed E-state index contributed by atoms with van der Waals surface area (Å²) in [4.78, 5) is 12.3. The molecule has 1 aliphatic heterocycles. The van der Waals surface area contributed by atoms with E-state index in [2.05, 4.69) is 3.82 Å². The molecule has 4 aromatic rings. The summed E-state index contributed by atoms with van der Waals surface area (Å²) in [5, 5.41) is 18.7. The second-order valence-electron chi connectivity index (χ2n) is 9.27. The van der Waals surface area contributed by atoms with Crippen LogP contribution in [0, 0.1) is 0 Å². The van der Waals surface area contributed by atoms with Crippen LogP contribution in [0.4, 0.5) is 0 Å². The van der Waals surface area contributed by atoms with Gasteiger partial charge in [-0.05, 0) is 23.3 Å². The molecule has 0 spiro atoms. The minimum absolute atomic E-state index is 0. The first-order valence-electron chi connectivity index (χ1n) is 12.5. The van der Waals surface area contributed by atoms with Gasteiger partial charge in [0.05, 0.1) is 10.5 Å². The fraction of sp³-hybridized carbons (Fsp3) is 0.0645. The van der Waals surface area contributed by atoms with E-state index in [1.807, 2.05) is 30.3 Å². The van der Waals surface area contributed by atoms with Crippen LogP contribution >= 0.6 is 0 Å². The average molecular weight is 692 g/mol. The van der Waals surface area contributed by atoms with Crippen LogP contribution in [0.3, 0.4) is 0 Å². The van der Waals surface area contributed by atoms with Crippen molar-refractivity contribution in [2.75, 3.05) is 12.9 Å². The fourth-order valence-electron chi connectivity index (χ4n) is 4.08. The molecule has 0 atom stereocenters. The van der Waals surface area contributed by atoms with Crippen molar-refractivity contribution in [3.05, 3.63) is 119 Å². The maximum absolute atomic E-state index is 12.0. The van der Waals surface area contributed by atoms with Gasteiger partial charge in [-0.2, -0.15) is 0 Å². The Morgan fingerprint density at radius 2 is 1.43 bits per heavy atom. The number of phenolic OH excluding ortho intramolecular Hbond substituents is 2. The summed E-state index contributed by atoms with van der Waals surface area (Å²) in [5.74, 6) is -0.670. The summed E-state index contributed by atoms with van der Waals surface area (Å²) < 4.78 is 64.3. The summed E-state index contributed by atoms with van der Waals surface area (Å²) in [7, 11) is -3.23. The smallest absolute Gasteiger partial charge is 1.00 e. The second kappa shape index (κ2) is 14.8. The van der Waals surface area contributed by atoms with Crippen LogP contribution in [-0.4, -0.2) is 50.8 Å². The van der Waals surface area contributed by atoms with E-state index in [-0.39, 0.29) is 64.3 Å². The van der Waals surface area contributed by atoms with E-state index in [1.165, 1.54) is 30.5 Å². The van der Waals surface area contributed by atoms with Crippen LogP contribution in [0.1, 0.15) is 22.3 Å². The number of phenols is 2. The van der Waals surface area contributed by atoms with Gasteiger partial charge in [0.1, 0.15) is 6.61 Å². The van der Waals surface area contributed by atoms with Gasteiger partial charge in [-0.15, -0.1) is 0 Å². The first kappa shape index (κ1) is 34.7. The molecule has 0 amide bonds. The standard InChI is InChI=1S/C17H14O4S.C14H12O6Se.Na/c1-22(19,20)14-9-7-12(8-10-14)15-11-21-17(18)16(15)13-5-3-2-4-6-13;15-12-5-3-10(4-6-12)1-2-11-7-13(16)9-14(8-11)20-21(17,18)19;/h2-10H,11H2,1H3;1-9,15-16H,(H,17,18,19);/q;;+1/p-1/b;2-1+;. The van der Waals surface area contributed by atoms with Crippen molar-refractivity contribution in [1.29, 1.82) is 0 Å². The largest absolute Gasteiger partial charge is 1.00 e. The molecular formula is C31H25NaO10SSe. The Morgan fingerprint density at radius 1 is 0.818 bits per heavy atom. The molecule has 1 aliphatic rings. The zero-order chi connectivity index (χ0) is 31.2. The molecule has 10 nitrogen and oxygen atoms in total. The molecule has 5 rings (SSSR count). The van der Waals surface area contributed by atoms with Gasteiger partial charge in [0.25, 0.3) is 0 Å². The Morgan fingerprint density at radius 3 is 2.02 bits per heavy atom. The number of sulfone groups is 1. The zero-order valence-electron chi connectivity index (χ0n) is 23.6. The van der Waals surface area contributed by atoms with Gasteiger partial charge in [-0.1, -0.05) is 42.5 Å². The summed E-state index contributed by atoms with van der Waals surface area (Å²) in [6.45, 7) is 0.196. The first-order chi connectivity index (χ1) is 20.3. The minimum atomic E-state index is -5.62. The van der Waals surface area contributed by atoms with Crippen molar-refractivity contribution in [2.45, 2.75) is 4.90 Å². The van der Waals surface area contributed by atoms with Crippen molar-refractivity contribution in [1.82, 2.24) is 0 Å². The van der Waals surface area contributed by atoms with Crippen LogP contribution in [0.25, 0.3) is 23.3 Å². The molecule has 0 aliphatic carbocycles. The Hall–Kier alpha value is -3.74. The molecule has 1 heterocycles. The van der Waals surface area contributed by atoms with E-state index >= 15 is 0 Å². The Balaban J connectivity index is 0.000000235. The molecule has 0 saturated heterocycles. The Kier molecular flexibility index (Phi) is 11.7. The normalized spacial score (nSPS) is 13.1. The number of rotatable bonds is 7. The quantitative estimate of drug-likeness (QED) is 0.161. The van der Waals surface area contributed by atoms with Crippen molar-refractivity contribution in [3.63, 3.8) is 0 Å². The van der Waals surface area contributed by atoms with Crippen molar-refractivity contribution >= 4 is 52.5 Å². The van der Waals surface area contributed by atoms with Gasteiger partial charge in [-0.3, -0.25) is 0 Å². The van der Waals surface area contributed by atoms with Crippen molar-refractivity contribution in [2.24, 2.45) is 0 Å². The predicted molar refractivity (Wildman–Crippen MR) is 157 cm³/mol. The third-order valence-electron chi connectivity index (χ3n) is 6.02. The monoisotopic (exact) mass is 692 g/mol. The predicted octanol–water partition coefficient (Wildman–Crippen LogP) is 0.866. The molecule has 2 N–H and O–H groups in total. The summed E-state index contributed by atoms with van der Waals surface area (Å²) in [6.07, 6.45) is 4.46. The molecule has 0 radical (unpaired) electrons. The van der Waals surface area contributed by atoms with Crippen LogP contribution in [-0.2, 0) is 27.0 Å². The SMILES string of the molecule is CS(=O)(=O)c1ccc(C2=C(c3ccccc3)C(=O)OC2)cc1.O=[Se](=O)([O-])Oc1cc(O)cc(/C=C/c2ccc(O)cc2)c1.[Na+]. The van der Waals surface area contributed by atoms with Crippen LogP contribution in [0.5, 0.6) is 17.2 Å². The van der Waals surface area contributed by atoms with Crippen LogP contribution in [0.2, 0.25) is 0 Å². The first-order valence-corrected chi connectivity index (χ1v) is 17.2. The number of hydrogen-bond donors (Lipinski definition) is 2. The Labute approximate surface area is 278 Å². The molecule has 0 saturated carbocycles. The molecule has 0 unspecified atom stereocenters. The fourth-order valence-corrected chi connectivity index (χ4v) is 5.41. The zero-order valence-corrected chi connectivity index (χ0v) is 28.1. The molecule has 0 fully saturated rings. The van der Waals surface area contributed by atoms with Gasteiger partial charge in [-0.25, -0.2) is 13.2 Å². The average Bonchev–Trinajstić information content (AvgIpc) is 3.33. The topological polar surface area (TPSA) is 167 Å². The van der Waals surface area contributed by atoms with Gasteiger partial charge in [0, 0.05) is 11.8 Å². The van der Waals surface area contributed by atoms with Gasteiger partial charge in [0.15, 0.2) is 9.84 Å².